The van der Waals surface area contributed by atoms with Crippen LogP contribution >= 0.6 is 11.6 Å². The molecule has 0 aliphatic carbocycles. The van der Waals surface area contributed by atoms with E-state index in [0.29, 0.717) is 59.1 Å². The van der Waals surface area contributed by atoms with Crippen LogP contribution in [0.15, 0.2) is 85.5 Å². The van der Waals surface area contributed by atoms with E-state index >= 15 is 0 Å². The van der Waals surface area contributed by atoms with Gasteiger partial charge in [0.15, 0.2) is 0 Å². The van der Waals surface area contributed by atoms with Crippen molar-refractivity contribution in [3.05, 3.63) is 118 Å². The largest absolute Gasteiger partial charge is 0.395 e. The van der Waals surface area contributed by atoms with Gasteiger partial charge < -0.3 is 31.1 Å². The number of rotatable bonds is 11. The molecule has 0 spiro atoms. The summed E-state index contributed by atoms with van der Waals surface area (Å²) in [7, 11) is 0. The molecule has 276 valence electrons. The van der Waals surface area contributed by atoms with Crippen molar-refractivity contribution in [2.24, 2.45) is 0 Å². The van der Waals surface area contributed by atoms with Crippen molar-refractivity contribution in [3.63, 3.8) is 0 Å². The summed E-state index contributed by atoms with van der Waals surface area (Å²) in [5.41, 5.74) is 7.76. The van der Waals surface area contributed by atoms with E-state index in [1.807, 2.05) is 62.4 Å². The molecule has 6 heterocycles. The Labute approximate surface area is 323 Å². The molecule has 2 aliphatic rings. The summed E-state index contributed by atoms with van der Waals surface area (Å²) in [6.07, 6.45) is 6.96. The van der Waals surface area contributed by atoms with Gasteiger partial charge in [0.2, 0.25) is 11.9 Å². The van der Waals surface area contributed by atoms with Crippen LogP contribution in [0.1, 0.15) is 41.7 Å². The van der Waals surface area contributed by atoms with Crippen LogP contribution in [0.2, 0.25) is 5.02 Å². The Balaban J connectivity index is 0.988. The number of aromatic nitrogens is 6. The average Bonchev–Trinajstić information content (AvgIpc) is 3.73. The molecule has 2 aromatic carbocycles. The summed E-state index contributed by atoms with van der Waals surface area (Å²) >= 11 is 6.33. The second-order valence-electron chi connectivity index (χ2n) is 14.4. The first-order chi connectivity index (χ1) is 26.7. The van der Waals surface area contributed by atoms with Crippen LogP contribution in [0.3, 0.4) is 0 Å². The molecule has 6 aromatic rings. The molecule has 0 radical (unpaired) electrons. The lowest BCUT2D eigenvalue weighted by molar-refractivity contribution is 0.0829. The summed E-state index contributed by atoms with van der Waals surface area (Å²) in [5, 5.41) is 34.1. The number of aliphatic hydroxyl groups excluding tert-OH is 1. The highest BCUT2D eigenvalue weighted by molar-refractivity contribution is 6.31. The lowest BCUT2D eigenvalue weighted by Crippen LogP contribution is -2.30. The number of nitrogens with zero attached hydrogens (tertiary/aromatic N) is 7. The summed E-state index contributed by atoms with van der Waals surface area (Å²) in [6, 6.07) is 21.2. The number of halogens is 1. The predicted octanol–water partition coefficient (Wildman–Crippen LogP) is 7.29. The third kappa shape index (κ3) is 6.99. The number of fused-ring (bicyclic) bond motifs is 2. The highest BCUT2D eigenvalue weighted by Gasteiger charge is 2.37. The van der Waals surface area contributed by atoms with E-state index in [-0.39, 0.29) is 13.2 Å². The van der Waals surface area contributed by atoms with Crippen LogP contribution in [-0.4, -0.2) is 61.3 Å². The number of anilines is 6. The number of aliphatic hydroxyl groups is 1. The molecule has 2 atom stereocenters. The summed E-state index contributed by atoms with van der Waals surface area (Å²) < 4.78 is 6.42. The smallest absolute Gasteiger partial charge is 0.227 e. The molecule has 0 saturated heterocycles. The number of hydrogen-bond acceptors (Lipinski definition) is 13. The van der Waals surface area contributed by atoms with E-state index in [1.165, 1.54) is 0 Å². The zero-order valence-electron chi connectivity index (χ0n) is 30.5. The number of nitrogens with one attached hydrogen (secondary N) is 4. The van der Waals surface area contributed by atoms with Crippen molar-refractivity contribution < 1.29 is 9.84 Å². The van der Waals surface area contributed by atoms with Crippen LogP contribution < -0.4 is 21.3 Å². The van der Waals surface area contributed by atoms with Crippen molar-refractivity contribution in [1.82, 2.24) is 29.9 Å². The molecule has 0 amide bonds. The van der Waals surface area contributed by atoms with E-state index in [0.717, 1.165) is 50.8 Å². The van der Waals surface area contributed by atoms with E-state index in [2.05, 4.69) is 55.3 Å². The first-order valence-corrected chi connectivity index (χ1v) is 18.2. The third-order valence-electron chi connectivity index (χ3n) is 10.3. The molecule has 0 saturated carbocycles. The maximum absolute atomic E-state index is 10.1. The predicted molar refractivity (Wildman–Crippen MR) is 213 cm³/mol. The molecule has 8 rings (SSSR count). The molecule has 14 heteroatoms. The normalized spacial score (nSPS) is 18.1. The molecule has 2 aliphatic heterocycles. The SMILES string of the molecule is Cc1c(Cl)cccc1Nc1nccc(-c2cnc3c(c2)C(C)(COCc2c(C#N)cccc2Nc2nccc(-c4cnc5c(c4)C(C)(CO)CN5)n2)CN3)n1. The van der Waals surface area contributed by atoms with E-state index in [1.54, 1.807) is 30.9 Å². The minimum Gasteiger partial charge on any atom is -0.395 e. The fourth-order valence-electron chi connectivity index (χ4n) is 6.92. The van der Waals surface area contributed by atoms with Crippen molar-refractivity contribution in [1.29, 1.82) is 5.26 Å². The molecule has 13 nitrogen and oxygen atoms in total. The number of pyridine rings is 2. The van der Waals surface area contributed by atoms with E-state index in [9.17, 15) is 10.4 Å². The van der Waals surface area contributed by atoms with Crippen molar-refractivity contribution >= 4 is 46.5 Å². The van der Waals surface area contributed by atoms with Gasteiger partial charge in [0.25, 0.3) is 0 Å². The minimum absolute atomic E-state index is 0.00263. The van der Waals surface area contributed by atoms with Gasteiger partial charge in [-0.1, -0.05) is 37.6 Å². The zero-order chi connectivity index (χ0) is 38.2. The Morgan fingerprint density at radius 2 is 1.40 bits per heavy atom. The Bertz CT molecular complexity index is 2470. The number of nitriles is 1. The quantitative estimate of drug-likeness (QED) is 0.0892. The van der Waals surface area contributed by atoms with Gasteiger partial charge in [-0.2, -0.15) is 5.26 Å². The summed E-state index contributed by atoms with van der Waals surface area (Å²) in [5.74, 6) is 2.38. The van der Waals surface area contributed by atoms with Crippen LogP contribution in [0.25, 0.3) is 22.5 Å². The molecule has 0 bridgehead atoms. The fraction of sp³-hybridized carbons (Fsp3) is 0.244. The minimum atomic E-state index is -0.428. The molecule has 2 unspecified atom stereocenters. The lowest BCUT2D eigenvalue weighted by atomic mass is 9.85. The van der Waals surface area contributed by atoms with Crippen LogP contribution in [0, 0.1) is 18.3 Å². The van der Waals surface area contributed by atoms with Gasteiger partial charge in [0.05, 0.1) is 42.8 Å². The second kappa shape index (κ2) is 14.6. The monoisotopic (exact) mass is 751 g/mol. The molecular formula is C41H38ClN11O2. The van der Waals surface area contributed by atoms with Gasteiger partial charge in [-0.25, -0.2) is 29.9 Å². The molecule has 5 N–H and O–H groups in total. The van der Waals surface area contributed by atoms with Crippen LogP contribution in [0.4, 0.5) is 34.9 Å². The van der Waals surface area contributed by atoms with Gasteiger partial charge in [-0.3, -0.25) is 0 Å². The standard InChI is InChI=1S/C41H38ClN11O2/c1-24-31(42)7-5-8-32(24)50-38-44-12-10-34(51-38)27-15-30-37(47-18-27)49-21-41(30,3)23-55-19-28-25(16-43)6-4-9-35(28)53-39-45-13-11-33(52-39)26-14-29-36(46-17-26)48-20-40(29,2)22-54/h4-15,17-18,54H,19-23H2,1-3H3,(H,46,48)(H,47,49)(H,44,50,51)(H,45,52,53). The summed E-state index contributed by atoms with van der Waals surface area (Å²) in [4.78, 5) is 27.8. The zero-order valence-corrected chi connectivity index (χ0v) is 31.2. The maximum Gasteiger partial charge on any atom is 0.227 e. The van der Waals surface area contributed by atoms with Crippen molar-refractivity contribution in [3.8, 4) is 28.6 Å². The second-order valence-corrected chi connectivity index (χ2v) is 14.8. The fourth-order valence-corrected chi connectivity index (χ4v) is 7.09. The number of ether oxygens (including phenoxy) is 1. The van der Waals surface area contributed by atoms with E-state index in [4.69, 9.17) is 31.3 Å². The van der Waals surface area contributed by atoms with Gasteiger partial charge >= 0.3 is 0 Å². The Morgan fingerprint density at radius 1 is 0.818 bits per heavy atom. The Morgan fingerprint density at radius 3 is 2.04 bits per heavy atom. The highest BCUT2D eigenvalue weighted by atomic mass is 35.5. The molecule has 0 fully saturated rings. The van der Waals surface area contributed by atoms with Gasteiger partial charge in [0, 0.05) is 92.9 Å². The first kappa shape index (κ1) is 35.8. The lowest BCUT2D eigenvalue weighted by Gasteiger charge is -2.24. The molecule has 4 aromatic heterocycles. The van der Waals surface area contributed by atoms with Crippen molar-refractivity contribution in [2.45, 2.75) is 38.2 Å². The van der Waals surface area contributed by atoms with Crippen molar-refractivity contribution in [2.75, 3.05) is 47.6 Å². The van der Waals surface area contributed by atoms with Crippen LogP contribution in [-0.2, 0) is 22.2 Å². The first-order valence-electron chi connectivity index (χ1n) is 17.8. The van der Waals surface area contributed by atoms with Crippen LogP contribution in [0.5, 0.6) is 0 Å². The van der Waals surface area contributed by atoms with E-state index < -0.39 is 10.8 Å². The van der Waals surface area contributed by atoms with Gasteiger partial charge in [-0.15, -0.1) is 0 Å². The molecule has 55 heavy (non-hydrogen) atoms. The number of benzene rings is 2. The highest BCUT2D eigenvalue weighted by Crippen LogP contribution is 2.39. The topological polar surface area (TPSA) is 179 Å². The number of hydrogen-bond donors (Lipinski definition) is 5. The molecular weight excluding hydrogens is 714 g/mol. The Hall–Kier alpha value is -6.20. The third-order valence-corrected chi connectivity index (χ3v) is 10.8. The Kier molecular flexibility index (Phi) is 9.48. The van der Waals surface area contributed by atoms with Gasteiger partial charge in [-0.05, 0) is 61.0 Å². The van der Waals surface area contributed by atoms with Gasteiger partial charge in [0.1, 0.15) is 11.6 Å². The average molecular weight is 752 g/mol. The maximum atomic E-state index is 10.1. The summed E-state index contributed by atoms with van der Waals surface area (Å²) in [6.45, 7) is 7.86.